The van der Waals surface area contributed by atoms with E-state index in [1.54, 1.807) is 0 Å². The number of nitrogens with zero attached hydrogens (tertiary/aromatic N) is 1. The molecule has 0 spiro atoms. The summed E-state index contributed by atoms with van der Waals surface area (Å²) in [7, 11) is 0. The summed E-state index contributed by atoms with van der Waals surface area (Å²) in [5, 5.41) is 9.58. The van der Waals surface area contributed by atoms with Gasteiger partial charge in [-0.2, -0.15) is 0 Å². The van der Waals surface area contributed by atoms with Crippen LogP contribution in [-0.2, 0) is 0 Å². The molecule has 0 bridgehead atoms. The lowest BCUT2D eigenvalue weighted by Crippen LogP contribution is -2.11. The van der Waals surface area contributed by atoms with Gasteiger partial charge in [-0.05, 0) is 120 Å². The summed E-state index contributed by atoms with van der Waals surface area (Å²) >= 11 is 0. The summed E-state index contributed by atoms with van der Waals surface area (Å²) in [5.41, 5.74) is 14.4. The number of para-hydroxylation sites is 1. The Morgan fingerprint density at radius 3 is 1.52 bits per heavy atom. The van der Waals surface area contributed by atoms with Crippen molar-refractivity contribution in [3.8, 4) is 44.5 Å². The number of anilines is 3. The molecule has 0 N–H and O–H groups in total. The van der Waals surface area contributed by atoms with Gasteiger partial charge in [-0.3, -0.25) is 0 Å². The Balaban J connectivity index is 1.00. The van der Waals surface area contributed by atoms with Gasteiger partial charge in [-0.25, -0.2) is 0 Å². The Morgan fingerprint density at radius 2 is 0.790 bits per heavy atom. The molecule has 12 aromatic rings. The van der Waals surface area contributed by atoms with Crippen LogP contribution in [0.15, 0.2) is 241 Å². The fourth-order valence-corrected chi connectivity index (χ4v) is 9.47. The Bertz CT molecular complexity index is 3620. The fourth-order valence-electron chi connectivity index (χ4n) is 9.47. The summed E-state index contributed by atoms with van der Waals surface area (Å²) in [4.78, 5) is 2.41. The van der Waals surface area contributed by atoms with Crippen LogP contribution in [0.3, 0.4) is 0 Å². The fraction of sp³-hybridized carbons (Fsp3) is 0. The number of hydrogen-bond acceptors (Lipinski definition) is 2. The smallest absolute Gasteiger partial charge is 0.136 e. The highest BCUT2D eigenvalue weighted by Gasteiger charge is 2.21. The molecule has 290 valence electrons. The average Bonchev–Trinajstić information content (AvgIpc) is 3.71. The molecule has 0 aliphatic carbocycles. The van der Waals surface area contributed by atoms with Crippen molar-refractivity contribution in [2.45, 2.75) is 0 Å². The summed E-state index contributed by atoms with van der Waals surface area (Å²) in [6, 6.07) is 85.5. The van der Waals surface area contributed by atoms with Gasteiger partial charge in [0.15, 0.2) is 0 Å². The maximum atomic E-state index is 6.59. The van der Waals surface area contributed by atoms with Gasteiger partial charge in [0.05, 0.1) is 5.69 Å². The molecule has 0 amide bonds. The van der Waals surface area contributed by atoms with Crippen molar-refractivity contribution in [3.05, 3.63) is 237 Å². The number of furan rings is 1. The molecule has 12 rings (SSSR count). The zero-order valence-electron chi connectivity index (χ0n) is 33.9. The Morgan fingerprint density at radius 1 is 0.274 bits per heavy atom. The van der Waals surface area contributed by atoms with E-state index in [9.17, 15) is 0 Å². The molecule has 2 heteroatoms. The van der Waals surface area contributed by atoms with Crippen molar-refractivity contribution in [2.75, 3.05) is 4.90 Å². The van der Waals surface area contributed by atoms with Crippen LogP contribution in [0.4, 0.5) is 17.1 Å². The van der Waals surface area contributed by atoms with E-state index in [1.165, 1.54) is 60.1 Å². The highest BCUT2D eigenvalue weighted by molar-refractivity contribution is 6.16. The van der Waals surface area contributed by atoms with Crippen LogP contribution in [0.25, 0.3) is 98.8 Å². The van der Waals surface area contributed by atoms with Crippen molar-refractivity contribution < 1.29 is 4.42 Å². The molecule has 1 aromatic heterocycles. The van der Waals surface area contributed by atoms with Gasteiger partial charge >= 0.3 is 0 Å². The Hall–Kier alpha value is -8.20. The number of rotatable bonds is 7. The maximum absolute atomic E-state index is 6.59. The van der Waals surface area contributed by atoms with E-state index in [1.807, 2.05) is 0 Å². The summed E-state index contributed by atoms with van der Waals surface area (Å²) in [6.07, 6.45) is 0. The number of hydrogen-bond donors (Lipinski definition) is 0. The minimum atomic E-state index is 0.878. The molecule has 0 fully saturated rings. The second-order valence-electron chi connectivity index (χ2n) is 16.1. The number of benzene rings is 11. The SMILES string of the molecule is c1cc(-c2cccc3ccccc23)cc(N(c2ccc(-c3ccc(-c4cccc5ccccc45)cc3)cc2)c2ccccc2-c2cccc3oc4cc5ccccc5cc4c23)c1. The second kappa shape index (κ2) is 14.8. The van der Waals surface area contributed by atoms with Gasteiger partial charge in [0, 0.05) is 27.7 Å². The Labute approximate surface area is 360 Å². The first-order valence-electron chi connectivity index (χ1n) is 21.2. The lowest BCUT2D eigenvalue weighted by molar-refractivity contribution is 0.669. The lowest BCUT2D eigenvalue weighted by Gasteiger charge is -2.28. The van der Waals surface area contributed by atoms with E-state index in [4.69, 9.17) is 4.42 Å². The highest BCUT2D eigenvalue weighted by atomic mass is 16.3. The molecule has 0 saturated carbocycles. The zero-order valence-corrected chi connectivity index (χ0v) is 33.9. The predicted molar refractivity (Wildman–Crippen MR) is 263 cm³/mol. The maximum Gasteiger partial charge on any atom is 0.136 e. The van der Waals surface area contributed by atoms with E-state index in [0.717, 1.165) is 55.7 Å². The molecule has 0 unspecified atom stereocenters. The first-order chi connectivity index (χ1) is 30.7. The molecule has 0 aliphatic rings. The van der Waals surface area contributed by atoms with Crippen LogP contribution in [0.2, 0.25) is 0 Å². The molecule has 2 nitrogen and oxygen atoms in total. The third-order valence-corrected chi connectivity index (χ3v) is 12.4. The highest BCUT2D eigenvalue weighted by Crippen LogP contribution is 2.46. The molecular weight excluding hydrogens is 751 g/mol. The monoisotopic (exact) mass is 789 g/mol. The van der Waals surface area contributed by atoms with Crippen molar-refractivity contribution in [1.29, 1.82) is 0 Å². The lowest BCUT2D eigenvalue weighted by atomic mass is 9.95. The van der Waals surface area contributed by atoms with Crippen LogP contribution in [0.1, 0.15) is 0 Å². The van der Waals surface area contributed by atoms with E-state index >= 15 is 0 Å². The minimum Gasteiger partial charge on any atom is -0.456 e. The molecule has 0 atom stereocenters. The first kappa shape index (κ1) is 35.7. The molecule has 62 heavy (non-hydrogen) atoms. The topological polar surface area (TPSA) is 16.4 Å². The van der Waals surface area contributed by atoms with E-state index in [0.29, 0.717) is 0 Å². The molecule has 0 radical (unpaired) electrons. The van der Waals surface area contributed by atoms with Gasteiger partial charge < -0.3 is 9.32 Å². The summed E-state index contributed by atoms with van der Waals surface area (Å²) in [6.45, 7) is 0. The molecule has 1 heterocycles. The third-order valence-electron chi connectivity index (χ3n) is 12.4. The van der Waals surface area contributed by atoms with Crippen LogP contribution in [0, 0.1) is 0 Å². The predicted octanol–water partition coefficient (Wildman–Crippen LogP) is 17.2. The summed E-state index contributed by atoms with van der Waals surface area (Å²) < 4.78 is 6.59. The van der Waals surface area contributed by atoms with E-state index < -0.39 is 0 Å². The van der Waals surface area contributed by atoms with Gasteiger partial charge in [-0.15, -0.1) is 0 Å². The first-order valence-corrected chi connectivity index (χ1v) is 21.2. The normalized spacial score (nSPS) is 11.5. The zero-order chi connectivity index (χ0) is 41.0. The van der Waals surface area contributed by atoms with Gasteiger partial charge in [0.1, 0.15) is 11.2 Å². The van der Waals surface area contributed by atoms with Crippen molar-refractivity contribution in [1.82, 2.24) is 0 Å². The quantitative estimate of drug-likeness (QED) is 0.160. The average molecular weight is 790 g/mol. The van der Waals surface area contributed by atoms with Crippen LogP contribution >= 0.6 is 0 Å². The summed E-state index contributed by atoms with van der Waals surface area (Å²) in [5.74, 6) is 0. The standard InChI is InChI=1S/C60H39NO/c1-2-16-46-39-59-56(38-45(46)15-1)60-55(26-12-28-58(60)62-59)54-23-7-8-27-57(54)61(49-20-9-19-47(37-49)53-25-11-18-43-14-4-6-22-51(43)53)48-35-33-41(34-36-48)40-29-31-44(32-30-40)52-24-10-17-42-13-3-5-21-50(42)52/h1-39H. The molecule has 0 saturated heterocycles. The van der Waals surface area contributed by atoms with Gasteiger partial charge in [-0.1, -0.05) is 188 Å². The molecular formula is C60H39NO. The van der Waals surface area contributed by atoms with Crippen LogP contribution in [-0.4, -0.2) is 0 Å². The van der Waals surface area contributed by atoms with Crippen molar-refractivity contribution in [2.24, 2.45) is 0 Å². The van der Waals surface area contributed by atoms with E-state index in [2.05, 4.69) is 241 Å². The van der Waals surface area contributed by atoms with Gasteiger partial charge in [0.2, 0.25) is 0 Å². The van der Waals surface area contributed by atoms with Crippen LogP contribution in [0.5, 0.6) is 0 Å². The molecule has 0 aliphatic heterocycles. The third kappa shape index (κ3) is 6.12. The van der Waals surface area contributed by atoms with Crippen LogP contribution < -0.4 is 4.90 Å². The van der Waals surface area contributed by atoms with Crippen molar-refractivity contribution >= 4 is 71.3 Å². The van der Waals surface area contributed by atoms with Crippen molar-refractivity contribution in [3.63, 3.8) is 0 Å². The van der Waals surface area contributed by atoms with E-state index in [-0.39, 0.29) is 0 Å². The number of fused-ring (bicyclic) bond motifs is 6. The Kier molecular flexibility index (Phi) is 8.53. The van der Waals surface area contributed by atoms with Gasteiger partial charge in [0.25, 0.3) is 0 Å². The minimum absolute atomic E-state index is 0.878. The largest absolute Gasteiger partial charge is 0.456 e. The molecule has 11 aromatic carbocycles. The second-order valence-corrected chi connectivity index (χ2v) is 16.1.